The van der Waals surface area contributed by atoms with Gasteiger partial charge in [-0.1, -0.05) is 19.1 Å². The summed E-state index contributed by atoms with van der Waals surface area (Å²) in [5.41, 5.74) is 12.0. The molecule has 2 aromatic rings. The van der Waals surface area contributed by atoms with Crippen LogP contribution in [0.3, 0.4) is 0 Å². The van der Waals surface area contributed by atoms with E-state index in [1.165, 1.54) is 6.07 Å². The van der Waals surface area contributed by atoms with Crippen molar-refractivity contribution >= 4 is 11.3 Å². The zero-order chi connectivity index (χ0) is 17.1. The summed E-state index contributed by atoms with van der Waals surface area (Å²) in [5.74, 6) is -0.296. The van der Waals surface area contributed by atoms with Crippen molar-refractivity contribution in [3.05, 3.63) is 69.5 Å². The molecular weight excluding hydrogens is 287 g/mol. The molecule has 2 nitrogen and oxygen atoms in total. The summed E-state index contributed by atoms with van der Waals surface area (Å²) in [6.45, 7) is 7.72. The van der Waals surface area contributed by atoms with E-state index in [4.69, 9.17) is 5.73 Å². The number of nitrogens with zero attached hydrogens (tertiary/aromatic N) is 1. The van der Waals surface area contributed by atoms with E-state index in [0.717, 1.165) is 34.2 Å². The highest BCUT2D eigenvalue weighted by Crippen LogP contribution is 2.34. The number of rotatable bonds is 3. The molecule has 3 heteroatoms. The lowest BCUT2D eigenvalue weighted by Gasteiger charge is -2.17. The molecule has 0 amide bonds. The zero-order valence-corrected chi connectivity index (χ0v) is 14.0. The minimum atomic E-state index is -0.296. The predicted molar refractivity (Wildman–Crippen MR) is 93.6 cm³/mol. The summed E-state index contributed by atoms with van der Waals surface area (Å²) in [5, 5.41) is 9.31. The summed E-state index contributed by atoms with van der Waals surface area (Å²) in [6, 6.07) is 9.00. The molecule has 0 aromatic heterocycles. The van der Waals surface area contributed by atoms with Gasteiger partial charge < -0.3 is 5.73 Å². The van der Waals surface area contributed by atoms with Crippen LogP contribution in [0.4, 0.5) is 10.1 Å². The van der Waals surface area contributed by atoms with Crippen LogP contribution in [-0.2, 0) is 0 Å². The van der Waals surface area contributed by atoms with E-state index in [9.17, 15) is 9.65 Å². The molecule has 0 spiro atoms. The first-order valence-corrected chi connectivity index (χ1v) is 7.67. The fraction of sp³-hybridized carbons (Fsp3) is 0.250. The van der Waals surface area contributed by atoms with Crippen LogP contribution in [0.2, 0.25) is 0 Å². The van der Waals surface area contributed by atoms with Gasteiger partial charge in [-0.2, -0.15) is 5.26 Å². The van der Waals surface area contributed by atoms with Gasteiger partial charge in [0.2, 0.25) is 0 Å². The Hall–Kier alpha value is -2.60. The molecule has 0 heterocycles. The van der Waals surface area contributed by atoms with Crippen molar-refractivity contribution in [3.8, 4) is 6.07 Å². The normalized spacial score (nSPS) is 11.4. The maximum atomic E-state index is 14.5. The average molecular weight is 308 g/mol. The van der Waals surface area contributed by atoms with Crippen LogP contribution in [0, 0.1) is 37.9 Å². The Morgan fingerprint density at radius 3 is 2.52 bits per heavy atom. The Balaban J connectivity index is 2.79. The molecule has 2 N–H and O–H groups in total. The number of allylic oxidation sites excluding steroid dienone is 1. The van der Waals surface area contributed by atoms with Crippen molar-refractivity contribution < 1.29 is 4.39 Å². The van der Waals surface area contributed by atoms with Gasteiger partial charge in [-0.25, -0.2) is 4.39 Å². The van der Waals surface area contributed by atoms with E-state index in [-0.39, 0.29) is 5.82 Å². The summed E-state index contributed by atoms with van der Waals surface area (Å²) >= 11 is 0. The molecule has 118 valence electrons. The molecule has 0 radical (unpaired) electrons. The third kappa shape index (κ3) is 3.12. The second kappa shape index (κ2) is 6.66. The van der Waals surface area contributed by atoms with Crippen molar-refractivity contribution in [2.75, 3.05) is 5.73 Å². The molecule has 2 rings (SSSR count). The zero-order valence-electron chi connectivity index (χ0n) is 14.0. The Kier molecular flexibility index (Phi) is 4.86. The van der Waals surface area contributed by atoms with Gasteiger partial charge in [-0.3, -0.25) is 0 Å². The van der Waals surface area contributed by atoms with Crippen LogP contribution in [0.1, 0.15) is 46.7 Å². The maximum Gasteiger partial charge on any atom is 0.131 e. The van der Waals surface area contributed by atoms with Crippen molar-refractivity contribution in [1.29, 1.82) is 5.26 Å². The molecule has 0 atom stereocenters. The number of aryl methyl sites for hydroxylation is 2. The number of anilines is 1. The third-order valence-electron chi connectivity index (χ3n) is 4.12. The van der Waals surface area contributed by atoms with Gasteiger partial charge in [0.05, 0.1) is 11.6 Å². The van der Waals surface area contributed by atoms with Crippen molar-refractivity contribution in [1.82, 2.24) is 0 Å². The van der Waals surface area contributed by atoms with Crippen LogP contribution < -0.4 is 5.73 Å². The van der Waals surface area contributed by atoms with Gasteiger partial charge in [-0.15, -0.1) is 0 Å². The largest absolute Gasteiger partial charge is 0.398 e. The Bertz CT molecular complexity index is 827. The molecule has 0 fully saturated rings. The molecule has 0 aliphatic rings. The van der Waals surface area contributed by atoms with Gasteiger partial charge >= 0.3 is 0 Å². The minimum absolute atomic E-state index is 0.296. The number of nitrogen functional groups attached to an aromatic ring is 1. The smallest absolute Gasteiger partial charge is 0.131 e. The van der Waals surface area contributed by atoms with E-state index in [0.29, 0.717) is 16.8 Å². The monoisotopic (exact) mass is 308 g/mol. The van der Waals surface area contributed by atoms with E-state index in [1.807, 2.05) is 45.9 Å². The predicted octanol–water partition coefficient (Wildman–Crippen LogP) is 5.05. The topological polar surface area (TPSA) is 49.8 Å². The summed E-state index contributed by atoms with van der Waals surface area (Å²) < 4.78 is 14.5. The van der Waals surface area contributed by atoms with Crippen LogP contribution in [-0.4, -0.2) is 0 Å². The van der Waals surface area contributed by atoms with E-state index >= 15 is 0 Å². The van der Waals surface area contributed by atoms with Gasteiger partial charge in [0.1, 0.15) is 5.82 Å². The van der Waals surface area contributed by atoms with E-state index in [2.05, 4.69) is 6.07 Å². The quantitative estimate of drug-likeness (QED) is 0.807. The lowest BCUT2D eigenvalue weighted by Crippen LogP contribution is -2.02. The third-order valence-corrected chi connectivity index (χ3v) is 4.12. The lowest BCUT2D eigenvalue weighted by atomic mass is 9.88. The second-order valence-corrected chi connectivity index (χ2v) is 5.76. The number of hydrogen-bond donors (Lipinski definition) is 1. The molecule has 23 heavy (non-hydrogen) atoms. The highest BCUT2D eigenvalue weighted by molar-refractivity contribution is 5.85. The average Bonchev–Trinajstić information content (AvgIpc) is 2.51. The van der Waals surface area contributed by atoms with Crippen LogP contribution in [0.5, 0.6) is 0 Å². The fourth-order valence-electron chi connectivity index (χ4n) is 2.84. The number of hydrogen-bond acceptors (Lipinski definition) is 2. The highest BCUT2D eigenvalue weighted by Gasteiger charge is 2.17. The van der Waals surface area contributed by atoms with Gasteiger partial charge in [0.25, 0.3) is 0 Å². The van der Waals surface area contributed by atoms with Crippen LogP contribution >= 0.6 is 0 Å². The second-order valence-electron chi connectivity index (χ2n) is 5.76. The standard InChI is InChI=1S/C20H21FN2/c1-5-6-16(20-14(4)19(23)8-7-18(20)21)17-10-15(11-22)12(2)9-13(17)3/h6-10H,5,23H2,1-4H3/b16-6+. The number of nitrogens with two attached hydrogens (primary N) is 1. The van der Waals surface area contributed by atoms with Gasteiger partial charge in [0, 0.05) is 11.3 Å². The summed E-state index contributed by atoms with van der Waals surface area (Å²) in [4.78, 5) is 0. The van der Waals surface area contributed by atoms with E-state index in [1.54, 1.807) is 6.07 Å². The molecule has 2 aromatic carbocycles. The number of benzene rings is 2. The first kappa shape index (κ1) is 16.8. The van der Waals surface area contributed by atoms with Crippen molar-refractivity contribution in [2.24, 2.45) is 0 Å². The number of halogens is 1. The lowest BCUT2D eigenvalue weighted by molar-refractivity contribution is 0.623. The van der Waals surface area contributed by atoms with Gasteiger partial charge in [0.15, 0.2) is 0 Å². The Morgan fingerprint density at radius 1 is 1.22 bits per heavy atom. The van der Waals surface area contributed by atoms with Gasteiger partial charge in [-0.05, 0) is 73.2 Å². The molecular formula is C20H21FN2. The first-order chi connectivity index (χ1) is 10.9. The molecule has 0 aliphatic heterocycles. The van der Waals surface area contributed by atoms with Crippen LogP contribution in [0.15, 0.2) is 30.3 Å². The molecule has 0 bridgehead atoms. The fourth-order valence-corrected chi connectivity index (χ4v) is 2.84. The molecule has 0 saturated heterocycles. The maximum absolute atomic E-state index is 14.5. The summed E-state index contributed by atoms with van der Waals surface area (Å²) in [7, 11) is 0. The first-order valence-electron chi connectivity index (χ1n) is 7.67. The Labute approximate surface area is 137 Å². The van der Waals surface area contributed by atoms with Crippen LogP contribution in [0.25, 0.3) is 5.57 Å². The van der Waals surface area contributed by atoms with Crippen molar-refractivity contribution in [3.63, 3.8) is 0 Å². The molecule has 0 aliphatic carbocycles. The highest BCUT2D eigenvalue weighted by atomic mass is 19.1. The summed E-state index contributed by atoms with van der Waals surface area (Å²) in [6.07, 6.45) is 2.75. The van der Waals surface area contributed by atoms with Crippen molar-refractivity contribution in [2.45, 2.75) is 34.1 Å². The number of nitriles is 1. The molecule has 0 saturated carbocycles. The molecule has 0 unspecified atom stereocenters. The minimum Gasteiger partial charge on any atom is -0.398 e. The van der Waals surface area contributed by atoms with E-state index < -0.39 is 0 Å². The Morgan fingerprint density at radius 2 is 1.91 bits per heavy atom. The SMILES string of the molecule is CC/C=C(\c1cc(C#N)c(C)cc1C)c1c(F)ccc(N)c1C.